The zero-order valence-electron chi connectivity index (χ0n) is 9.35. The molecule has 0 radical (unpaired) electrons. The molecule has 90 valence electrons. The SMILES string of the molecule is Cl[Te](Cl)(CCc1ccccc1)c1ccccc1. The van der Waals surface area contributed by atoms with Crippen LogP contribution >= 0.6 is 17.9 Å². The summed E-state index contributed by atoms with van der Waals surface area (Å²) in [5.74, 6) is 0. The minimum atomic E-state index is -2.87. The van der Waals surface area contributed by atoms with Gasteiger partial charge in [0.1, 0.15) is 0 Å². The second-order valence-corrected chi connectivity index (χ2v) is 17.7. The van der Waals surface area contributed by atoms with Crippen LogP contribution in [0.15, 0.2) is 60.7 Å². The van der Waals surface area contributed by atoms with Crippen LogP contribution in [0, 0.1) is 0 Å². The maximum atomic E-state index is 6.57. The van der Waals surface area contributed by atoms with E-state index < -0.39 is 15.9 Å². The van der Waals surface area contributed by atoms with Crippen molar-refractivity contribution in [3.63, 3.8) is 0 Å². The van der Waals surface area contributed by atoms with Gasteiger partial charge in [-0.3, -0.25) is 0 Å². The van der Waals surface area contributed by atoms with Gasteiger partial charge in [-0.25, -0.2) is 0 Å². The molecule has 0 bridgehead atoms. The summed E-state index contributed by atoms with van der Waals surface area (Å²) in [5.41, 5.74) is 1.31. The topological polar surface area (TPSA) is 0 Å². The van der Waals surface area contributed by atoms with Crippen LogP contribution in [0.4, 0.5) is 0 Å². The van der Waals surface area contributed by atoms with E-state index in [1.807, 2.05) is 36.4 Å². The van der Waals surface area contributed by atoms with Crippen molar-refractivity contribution >= 4 is 37.5 Å². The second kappa shape index (κ2) is 6.12. The molecule has 2 rings (SSSR count). The zero-order chi connectivity index (χ0) is 12.1. The Bertz CT molecular complexity index is 454. The first-order valence-electron chi connectivity index (χ1n) is 5.48. The normalized spacial score (nSPS) is 12.4. The molecule has 2 aromatic rings. The Morgan fingerprint density at radius 2 is 1.29 bits per heavy atom. The molecule has 0 aliphatic heterocycles. The fourth-order valence-corrected chi connectivity index (χ4v) is 7.71. The molecule has 2 aromatic carbocycles. The quantitative estimate of drug-likeness (QED) is 0.702. The Labute approximate surface area is 114 Å². The molecule has 0 atom stereocenters. The first kappa shape index (κ1) is 13.2. The summed E-state index contributed by atoms with van der Waals surface area (Å²) < 4.78 is 2.05. The van der Waals surface area contributed by atoms with Gasteiger partial charge in [0.05, 0.1) is 0 Å². The third-order valence-corrected chi connectivity index (χ3v) is 11.8. The van der Waals surface area contributed by atoms with Crippen molar-refractivity contribution in [2.75, 3.05) is 0 Å². The van der Waals surface area contributed by atoms with Gasteiger partial charge in [-0.2, -0.15) is 0 Å². The molecule has 3 heteroatoms. The van der Waals surface area contributed by atoms with Crippen LogP contribution in [0.5, 0.6) is 0 Å². The maximum absolute atomic E-state index is 6.57. The van der Waals surface area contributed by atoms with E-state index in [1.165, 1.54) is 5.56 Å². The molecule has 0 amide bonds. The Morgan fingerprint density at radius 3 is 1.88 bits per heavy atom. The number of rotatable bonds is 4. The van der Waals surface area contributed by atoms with Crippen LogP contribution in [-0.2, 0) is 6.42 Å². The number of hydrogen-bond acceptors (Lipinski definition) is 0. The van der Waals surface area contributed by atoms with Crippen molar-refractivity contribution < 1.29 is 0 Å². The van der Waals surface area contributed by atoms with Gasteiger partial charge >= 0.3 is 115 Å². The minimum absolute atomic E-state index is 0.902. The van der Waals surface area contributed by atoms with E-state index in [0.717, 1.165) is 14.5 Å². The summed E-state index contributed by atoms with van der Waals surface area (Å²) >= 11 is -2.87. The molecule has 0 saturated heterocycles. The van der Waals surface area contributed by atoms with E-state index in [-0.39, 0.29) is 0 Å². The van der Waals surface area contributed by atoms with E-state index in [4.69, 9.17) is 17.9 Å². The van der Waals surface area contributed by atoms with Gasteiger partial charge in [-0.15, -0.1) is 0 Å². The fourth-order valence-electron chi connectivity index (χ4n) is 1.63. The molecule has 0 aliphatic carbocycles. The fraction of sp³-hybridized carbons (Fsp3) is 0.143. The summed E-state index contributed by atoms with van der Waals surface area (Å²) in [6.45, 7) is 0. The molecular weight excluding hydrogens is 367 g/mol. The standard InChI is InChI=1S/C14H14Cl2Te/c15-17(16,14-9-5-2-6-10-14)12-11-13-7-3-1-4-8-13/h1-10H,11-12H2. The van der Waals surface area contributed by atoms with Crippen molar-refractivity contribution in [2.45, 2.75) is 10.9 Å². The summed E-state index contributed by atoms with van der Waals surface area (Å²) in [7, 11) is 13.1. The Kier molecular flexibility index (Phi) is 4.77. The summed E-state index contributed by atoms with van der Waals surface area (Å²) in [6, 6.07) is 20.5. The predicted molar refractivity (Wildman–Crippen MR) is 78.5 cm³/mol. The van der Waals surface area contributed by atoms with Crippen LogP contribution in [0.2, 0.25) is 4.47 Å². The van der Waals surface area contributed by atoms with Crippen LogP contribution in [0.25, 0.3) is 0 Å². The third kappa shape index (κ3) is 3.90. The summed E-state index contributed by atoms with van der Waals surface area (Å²) in [5, 5.41) is 0. The first-order valence-corrected chi connectivity index (χ1v) is 14.2. The van der Waals surface area contributed by atoms with Gasteiger partial charge in [-0.1, -0.05) is 0 Å². The predicted octanol–water partition coefficient (Wildman–Crippen LogP) is 4.06. The average Bonchev–Trinajstić information content (AvgIpc) is 2.39. The van der Waals surface area contributed by atoms with Crippen molar-refractivity contribution in [2.24, 2.45) is 0 Å². The van der Waals surface area contributed by atoms with E-state index in [2.05, 4.69) is 24.3 Å². The molecular formula is C14H14Cl2Te. The van der Waals surface area contributed by atoms with Gasteiger partial charge in [-0.05, 0) is 0 Å². The van der Waals surface area contributed by atoms with Crippen molar-refractivity contribution in [3.05, 3.63) is 66.2 Å². The van der Waals surface area contributed by atoms with Gasteiger partial charge in [0.2, 0.25) is 0 Å². The van der Waals surface area contributed by atoms with E-state index in [0.29, 0.717) is 0 Å². The van der Waals surface area contributed by atoms with Crippen molar-refractivity contribution in [1.82, 2.24) is 0 Å². The molecule has 0 spiro atoms. The van der Waals surface area contributed by atoms with Crippen LogP contribution < -0.4 is 3.61 Å². The second-order valence-electron chi connectivity index (χ2n) is 3.83. The average molecular weight is 381 g/mol. The molecule has 17 heavy (non-hydrogen) atoms. The van der Waals surface area contributed by atoms with Gasteiger partial charge in [0.15, 0.2) is 0 Å². The molecule has 0 unspecified atom stereocenters. The molecule has 0 saturated carbocycles. The van der Waals surface area contributed by atoms with E-state index in [1.54, 1.807) is 0 Å². The molecule has 0 N–H and O–H groups in total. The molecule has 0 aromatic heterocycles. The van der Waals surface area contributed by atoms with Crippen LogP contribution in [-0.4, -0.2) is 15.9 Å². The van der Waals surface area contributed by atoms with Crippen LogP contribution in [0.3, 0.4) is 0 Å². The number of aryl methyl sites for hydroxylation is 1. The molecule has 0 nitrogen and oxygen atoms in total. The molecule has 0 heterocycles. The Balaban J connectivity index is 2.03. The van der Waals surface area contributed by atoms with Gasteiger partial charge in [0, 0.05) is 0 Å². The van der Waals surface area contributed by atoms with Gasteiger partial charge < -0.3 is 0 Å². The van der Waals surface area contributed by atoms with Gasteiger partial charge in [0.25, 0.3) is 0 Å². The first-order chi connectivity index (χ1) is 8.18. The Morgan fingerprint density at radius 1 is 0.765 bits per heavy atom. The number of halogens is 2. The zero-order valence-corrected chi connectivity index (χ0v) is 13.2. The van der Waals surface area contributed by atoms with E-state index >= 15 is 0 Å². The summed E-state index contributed by atoms with van der Waals surface area (Å²) in [6.07, 6.45) is 0.962. The third-order valence-electron chi connectivity index (χ3n) is 2.58. The van der Waals surface area contributed by atoms with E-state index in [9.17, 15) is 0 Å². The Hall–Kier alpha value is -0.190. The molecule has 0 aliphatic rings. The number of hydrogen-bond donors (Lipinski definition) is 0. The van der Waals surface area contributed by atoms with Crippen molar-refractivity contribution in [3.8, 4) is 0 Å². The monoisotopic (exact) mass is 382 g/mol. The summed E-state index contributed by atoms with van der Waals surface area (Å²) in [4.78, 5) is 0. The number of benzene rings is 2. The molecule has 0 fully saturated rings. The van der Waals surface area contributed by atoms with Crippen LogP contribution in [0.1, 0.15) is 5.56 Å². The van der Waals surface area contributed by atoms with Crippen molar-refractivity contribution in [1.29, 1.82) is 0 Å².